The van der Waals surface area contributed by atoms with Crippen molar-refractivity contribution in [2.75, 3.05) is 43.0 Å². The Morgan fingerprint density at radius 3 is 2.58 bits per heavy atom. The predicted octanol–water partition coefficient (Wildman–Crippen LogP) is 4.40. The second-order valence-corrected chi connectivity index (χ2v) is 6.73. The van der Waals surface area contributed by atoms with Gasteiger partial charge in [-0.05, 0) is 55.8 Å². The summed E-state index contributed by atoms with van der Waals surface area (Å²) < 4.78 is 5.49. The Balaban J connectivity index is 1.57. The summed E-state index contributed by atoms with van der Waals surface area (Å²) in [6.45, 7) is 7.47. The van der Waals surface area contributed by atoms with E-state index in [1.165, 1.54) is 0 Å². The van der Waals surface area contributed by atoms with E-state index < -0.39 is 0 Å². The molecule has 3 rings (SSSR count). The molecule has 0 radical (unpaired) electrons. The van der Waals surface area contributed by atoms with Crippen LogP contribution in [0.3, 0.4) is 0 Å². The number of benzene rings is 2. The van der Waals surface area contributed by atoms with E-state index in [9.17, 15) is 4.79 Å². The molecule has 0 aromatic heterocycles. The van der Waals surface area contributed by atoms with Crippen molar-refractivity contribution in [1.29, 1.82) is 0 Å². The van der Waals surface area contributed by atoms with Gasteiger partial charge >= 0.3 is 6.03 Å². The van der Waals surface area contributed by atoms with Gasteiger partial charge in [0.15, 0.2) is 0 Å². The Morgan fingerprint density at radius 1 is 1.15 bits per heavy atom. The summed E-state index contributed by atoms with van der Waals surface area (Å²) in [5, 5.41) is 3.73. The summed E-state index contributed by atoms with van der Waals surface area (Å²) in [5.74, 6) is 0.818. The van der Waals surface area contributed by atoms with Crippen LogP contribution in [0.1, 0.15) is 12.5 Å². The Morgan fingerprint density at radius 2 is 1.92 bits per heavy atom. The van der Waals surface area contributed by atoms with Crippen LogP contribution in [0.4, 0.5) is 16.2 Å². The topological polar surface area (TPSA) is 44.8 Å². The van der Waals surface area contributed by atoms with Crippen molar-refractivity contribution >= 4 is 29.0 Å². The van der Waals surface area contributed by atoms with E-state index >= 15 is 0 Å². The first-order valence-corrected chi connectivity index (χ1v) is 9.24. The number of hydrogen-bond acceptors (Lipinski definition) is 3. The van der Waals surface area contributed by atoms with Crippen LogP contribution < -0.4 is 15.0 Å². The van der Waals surface area contributed by atoms with E-state index in [1.54, 1.807) is 0 Å². The van der Waals surface area contributed by atoms with Crippen molar-refractivity contribution in [3.8, 4) is 5.75 Å². The first kappa shape index (κ1) is 18.4. The van der Waals surface area contributed by atoms with Crippen molar-refractivity contribution in [3.05, 3.63) is 53.1 Å². The monoisotopic (exact) mass is 373 g/mol. The smallest absolute Gasteiger partial charge is 0.321 e. The number of nitrogens with zero attached hydrogens (tertiary/aromatic N) is 2. The second kappa shape index (κ2) is 8.32. The summed E-state index contributed by atoms with van der Waals surface area (Å²) in [5.41, 5.74) is 2.90. The third-order valence-electron chi connectivity index (χ3n) is 4.49. The maximum atomic E-state index is 12.6. The van der Waals surface area contributed by atoms with E-state index in [1.807, 2.05) is 61.2 Å². The van der Waals surface area contributed by atoms with E-state index in [-0.39, 0.29) is 6.03 Å². The quantitative estimate of drug-likeness (QED) is 0.863. The molecule has 1 fully saturated rings. The maximum Gasteiger partial charge on any atom is 0.321 e. The van der Waals surface area contributed by atoms with Crippen molar-refractivity contribution in [3.63, 3.8) is 0 Å². The Labute approximate surface area is 159 Å². The van der Waals surface area contributed by atoms with Crippen LogP contribution in [0, 0.1) is 6.92 Å². The van der Waals surface area contributed by atoms with E-state index in [4.69, 9.17) is 16.3 Å². The molecule has 26 heavy (non-hydrogen) atoms. The fourth-order valence-corrected chi connectivity index (χ4v) is 3.25. The normalized spacial score (nSPS) is 14.3. The maximum absolute atomic E-state index is 12.6. The van der Waals surface area contributed by atoms with Gasteiger partial charge in [-0.2, -0.15) is 0 Å². The van der Waals surface area contributed by atoms with Gasteiger partial charge in [0.05, 0.1) is 6.61 Å². The largest absolute Gasteiger partial charge is 0.494 e. The van der Waals surface area contributed by atoms with Crippen LogP contribution in [0.15, 0.2) is 42.5 Å². The average Bonchev–Trinajstić information content (AvgIpc) is 2.64. The van der Waals surface area contributed by atoms with Gasteiger partial charge in [-0.25, -0.2) is 4.79 Å². The highest BCUT2D eigenvalue weighted by Crippen LogP contribution is 2.23. The Bertz CT molecular complexity index is 773. The molecule has 1 N–H and O–H groups in total. The fourth-order valence-electron chi connectivity index (χ4n) is 3.07. The SMILES string of the molecule is CCOc1ccc(NC(=O)N2CCN(c3cccc(Cl)c3)CC2)c(C)c1. The molecule has 1 heterocycles. The number of ether oxygens (including phenoxy) is 1. The number of amides is 2. The molecule has 6 heteroatoms. The lowest BCUT2D eigenvalue weighted by atomic mass is 10.2. The fraction of sp³-hybridized carbons (Fsp3) is 0.350. The number of carbonyl (C=O) groups excluding carboxylic acids is 1. The molecule has 138 valence electrons. The van der Waals surface area contributed by atoms with Gasteiger partial charge in [0.1, 0.15) is 5.75 Å². The number of rotatable bonds is 4. The van der Waals surface area contributed by atoms with Crippen LogP contribution in [0.5, 0.6) is 5.75 Å². The van der Waals surface area contributed by atoms with Crippen LogP contribution >= 0.6 is 11.6 Å². The summed E-state index contributed by atoms with van der Waals surface area (Å²) >= 11 is 6.07. The Kier molecular flexibility index (Phi) is 5.89. The lowest BCUT2D eigenvalue weighted by Gasteiger charge is -2.36. The van der Waals surface area contributed by atoms with E-state index in [2.05, 4.69) is 10.2 Å². The van der Waals surface area contributed by atoms with Crippen molar-refractivity contribution in [1.82, 2.24) is 4.90 Å². The number of nitrogens with one attached hydrogen (secondary N) is 1. The molecule has 2 amide bonds. The molecular formula is C20H24ClN3O2. The molecular weight excluding hydrogens is 350 g/mol. The number of carbonyl (C=O) groups is 1. The molecule has 0 spiro atoms. The van der Waals surface area contributed by atoms with E-state index in [0.29, 0.717) is 19.7 Å². The second-order valence-electron chi connectivity index (χ2n) is 6.29. The van der Waals surface area contributed by atoms with Crippen LogP contribution in [-0.4, -0.2) is 43.7 Å². The van der Waals surface area contributed by atoms with Gasteiger partial charge in [0.2, 0.25) is 0 Å². The van der Waals surface area contributed by atoms with Crippen molar-refractivity contribution < 1.29 is 9.53 Å². The highest BCUT2D eigenvalue weighted by Gasteiger charge is 2.21. The molecule has 2 aromatic rings. The summed E-state index contributed by atoms with van der Waals surface area (Å²) in [4.78, 5) is 16.7. The zero-order valence-corrected chi connectivity index (χ0v) is 15.9. The minimum atomic E-state index is -0.0667. The zero-order chi connectivity index (χ0) is 18.5. The van der Waals surface area contributed by atoms with Gasteiger partial charge in [0.25, 0.3) is 0 Å². The predicted molar refractivity (Wildman–Crippen MR) is 107 cm³/mol. The molecule has 0 aliphatic carbocycles. The number of halogens is 1. The highest BCUT2D eigenvalue weighted by molar-refractivity contribution is 6.30. The highest BCUT2D eigenvalue weighted by atomic mass is 35.5. The molecule has 5 nitrogen and oxygen atoms in total. The van der Waals surface area contributed by atoms with Crippen LogP contribution in [0.2, 0.25) is 5.02 Å². The van der Waals surface area contributed by atoms with Gasteiger partial charge in [-0.1, -0.05) is 17.7 Å². The van der Waals surface area contributed by atoms with Crippen LogP contribution in [0.25, 0.3) is 0 Å². The summed E-state index contributed by atoms with van der Waals surface area (Å²) in [7, 11) is 0. The zero-order valence-electron chi connectivity index (χ0n) is 15.2. The molecule has 0 atom stereocenters. The molecule has 1 saturated heterocycles. The third kappa shape index (κ3) is 4.41. The number of aryl methyl sites for hydroxylation is 1. The standard InChI is InChI=1S/C20H24ClN3O2/c1-3-26-18-7-8-19(15(2)13-18)22-20(25)24-11-9-23(10-12-24)17-6-4-5-16(21)14-17/h4-8,13-14H,3,9-12H2,1-2H3,(H,22,25). The number of piperazine rings is 1. The number of anilines is 2. The summed E-state index contributed by atoms with van der Waals surface area (Å²) in [6.07, 6.45) is 0. The molecule has 0 bridgehead atoms. The minimum Gasteiger partial charge on any atom is -0.494 e. The molecule has 1 aliphatic rings. The Hall–Kier alpha value is -2.40. The van der Waals surface area contributed by atoms with Gasteiger partial charge in [-0.15, -0.1) is 0 Å². The third-order valence-corrected chi connectivity index (χ3v) is 4.73. The molecule has 2 aromatic carbocycles. The van der Waals surface area contributed by atoms with Crippen LogP contribution in [-0.2, 0) is 0 Å². The number of hydrogen-bond donors (Lipinski definition) is 1. The first-order valence-electron chi connectivity index (χ1n) is 8.86. The first-order chi connectivity index (χ1) is 12.6. The van der Waals surface area contributed by atoms with Gasteiger partial charge in [-0.3, -0.25) is 0 Å². The van der Waals surface area contributed by atoms with Gasteiger partial charge < -0.3 is 19.9 Å². The average molecular weight is 374 g/mol. The van der Waals surface area contributed by atoms with E-state index in [0.717, 1.165) is 40.8 Å². The lowest BCUT2D eigenvalue weighted by molar-refractivity contribution is 0.208. The number of urea groups is 1. The van der Waals surface area contributed by atoms with Crippen molar-refractivity contribution in [2.45, 2.75) is 13.8 Å². The lowest BCUT2D eigenvalue weighted by Crippen LogP contribution is -2.50. The minimum absolute atomic E-state index is 0.0667. The summed E-state index contributed by atoms with van der Waals surface area (Å²) in [6, 6.07) is 13.5. The van der Waals surface area contributed by atoms with Crippen molar-refractivity contribution in [2.24, 2.45) is 0 Å². The van der Waals surface area contributed by atoms with Gasteiger partial charge in [0, 0.05) is 42.6 Å². The molecule has 0 saturated carbocycles. The molecule has 0 unspecified atom stereocenters. The molecule has 1 aliphatic heterocycles.